The number of aliphatic hydroxyl groups excluding tert-OH is 1. The summed E-state index contributed by atoms with van der Waals surface area (Å²) in [6.07, 6.45) is 2.74. The van der Waals surface area contributed by atoms with Gasteiger partial charge in [-0.15, -0.1) is 6.58 Å². The minimum absolute atomic E-state index is 0.134. The van der Waals surface area contributed by atoms with Crippen LogP contribution in [0.2, 0.25) is 18.6 Å². The molecule has 3 aliphatic rings. The quantitative estimate of drug-likeness (QED) is 0.169. The summed E-state index contributed by atoms with van der Waals surface area (Å²) in [5.74, 6) is -1.23. The molecule has 7 rings (SSSR count). The lowest BCUT2D eigenvalue weighted by atomic mass is 9.82. The van der Waals surface area contributed by atoms with Gasteiger partial charge in [0.2, 0.25) is 14.3 Å². The Morgan fingerprint density at radius 3 is 2.58 bits per heavy atom. The van der Waals surface area contributed by atoms with Gasteiger partial charge in [0.1, 0.15) is 0 Å². The van der Waals surface area contributed by atoms with Crippen molar-refractivity contribution in [2.24, 2.45) is 5.92 Å². The Hall–Kier alpha value is -4.45. The molecule has 3 aliphatic heterocycles. The average Bonchev–Trinajstić information content (AvgIpc) is 3.50. The molecule has 3 aromatic carbocycles. The van der Waals surface area contributed by atoms with Crippen LogP contribution in [-0.2, 0) is 32.9 Å². The first kappa shape index (κ1) is 32.1. The molecule has 4 aromatic rings. The highest BCUT2D eigenvalue weighted by molar-refractivity contribution is 6.72. The van der Waals surface area contributed by atoms with Crippen molar-refractivity contribution in [3.63, 3.8) is 0 Å². The van der Waals surface area contributed by atoms with Gasteiger partial charge in [-0.1, -0.05) is 55.5 Å². The fourth-order valence-corrected chi connectivity index (χ4v) is 10.8. The van der Waals surface area contributed by atoms with Crippen molar-refractivity contribution in [3.05, 3.63) is 113 Å². The lowest BCUT2D eigenvalue weighted by molar-refractivity contribution is -0.150. The van der Waals surface area contributed by atoms with Gasteiger partial charge < -0.3 is 23.8 Å². The second-order valence-corrected chi connectivity index (χ2v) is 17.5. The van der Waals surface area contributed by atoms with Crippen molar-refractivity contribution in [1.82, 2.24) is 14.7 Å². The van der Waals surface area contributed by atoms with Crippen molar-refractivity contribution in [3.8, 4) is 5.69 Å². The van der Waals surface area contributed by atoms with E-state index in [1.165, 1.54) is 4.68 Å². The molecule has 1 aromatic heterocycles. The van der Waals surface area contributed by atoms with Gasteiger partial charge in [-0.05, 0) is 54.9 Å². The van der Waals surface area contributed by atoms with Crippen LogP contribution >= 0.6 is 0 Å². The molecule has 48 heavy (non-hydrogen) atoms. The minimum Gasteiger partial charge on any atom is -0.394 e. The summed E-state index contributed by atoms with van der Waals surface area (Å²) in [6, 6.07) is 19.9. The van der Waals surface area contributed by atoms with Crippen LogP contribution in [0.5, 0.6) is 0 Å². The number of benzene rings is 3. The Morgan fingerprint density at radius 2 is 1.85 bits per heavy atom. The number of aliphatic hydroxyl groups is 1. The van der Waals surface area contributed by atoms with Gasteiger partial charge in [-0.2, -0.15) is 9.78 Å². The molecular weight excluding hydrogens is 628 g/mol. The lowest BCUT2D eigenvalue weighted by Gasteiger charge is -2.37. The molecule has 2 amide bonds. The minimum atomic E-state index is -3.56. The van der Waals surface area contributed by atoms with E-state index in [0.29, 0.717) is 40.7 Å². The normalized spacial score (nSPS) is 25.1. The summed E-state index contributed by atoms with van der Waals surface area (Å²) in [7, 11) is -3.56. The number of carbonyl (C=O) groups excluding carboxylic acids is 2. The third-order valence-electron chi connectivity index (χ3n) is 10.5. The largest absolute Gasteiger partial charge is 0.394 e. The van der Waals surface area contributed by atoms with Gasteiger partial charge in [0, 0.05) is 35.5 Å². The second-order valence-electron chi connectivity index (χ2n) is 13.7. The molecule has 4 heterocycles. The van der Waals surface area contributed by atoms with E-state index >= 15 is 4.11 Å². The van der Waals surface area contributed by atoms with E-state index in [9.17, 15) is 19.5 Å². The smallest absolute Gasteiger partial charge is 0.279 e. The van der Waals surface area contributed by atoms with E-state index in [0.717, 1.165) is 11.1 Å². The molecule has 11 heteroatoms. The van der Waals surface area contributed by atoms with E-state index in [-0.39, 0.29) is 36.9 Å². The lowest BCUT2D eigenvalue weighted by Crippen LogP contribution is -2.48. The van der Waals surface area contributed by atoms with Gasteiger partial charge in [0.05, 0.1) is 48.1 Å². The van der Waals surface area contributed by atoms with Crippen LogP contribution in [-0.4, -0.2) is 65.3 Å². The van der Waals surface area contributed by atoms with E-state index < -0.39 is 37.6 Å². The number of hydrogen-bond acceptors (Lipinski definition) is 6. The molecule has 1 N–H and O–H groups in total. The average molecular weight is 667 g/mol. The molecule has 1 fully saturated rings. The van der Waals surface area contributed by atoms with Crippen LogP contribution in [0.1, 0.15) is 30.0 Å². The first-order valence-corrected chi connectivity index (χ1v) is 19.3. The highest BCUT2D eigenvalue weighted by atomic mass is 28.4. The Bertz CT molecular complexity index is 2010. The first-order valence-electron chi connectivity index (χ1n) is 16.4. The maximum absolute atomic E-state index is 16.5. The van der Waals surface area contributed by atoms with E-state index in [4.69, 9.17) is 4.74 Å². The van der Waals surface area contributed by atoms with Crippen LogP contribution in [0, 0.1) is 5.92 Å². The van der Waals surface area contributed by atoms with Crippen molar-refractivity contribution in [1.29, 1.82) is 0 Å². The van der Waals surface area contributed by atoms with E-state index in [1.807, 2.05) is 43.3 Å². The predicted molar refractivity (Wildman–Crippen MR) is 184 cm³/mol. The molecule has 1 spiro atoms. The standard InChI is InChI=1S/C37H39FN4O5Si/c1-5-16-40-31-15-14-27(42-35(45)29-13-9-8-11-25(29)20-39-42)18-30(31)37(36(40)46)23(2)34(48(3,4)38)32(47-37)19-33(44)41-21-26-12-7-6-10-24(26)17-28(41)22-43/h5-15,18,20,23,28,32,34,43H,1,16-17,19,21-22H2,2-4H3/t23-,28-,32+,34-,37+/m0/s1. The third-order valence-corrected chi connectivity index (χ3v) is 12.9. The Morgan fingerprint density at radius 1 is 1.12 bits per heavy atom. The zero-order valence-electron chi connectivity index (χ0n) is 27.3. The second kappa shape index (κ2) is 11.9. The van der Waals surface area contributed by atoms with Crippen LogP contribution in [0.3, 0.4) is 0 Å². The molecule has 248 valence electrons. The summed E-state index contributed by atoms with van der Waals surface area (Å²) < 4.78 is 24.6. The number of nitrogens with zero attached hydrogens (tertiary/aromatic N) is 4. The molecule has 1 saturated heterocycles. The van der Waals surface area contributed by atoms with Crippen molar-refractivity contribution >= 4 is 36.7 Å². The van der Waals surface area contributed by atoms with Crippen molar-refractivity contribution < 1.29 is 23.5 Å². The van der Waals surface area contributed by atoms with Crippen molar-refractivity contribution in [2.45, 2.75) is 62.7 Å². The van der Waals surface area contributed by atoms with E-state index in [1.54, 1.807) is 65.5 Å². The Balaban J connectivity index is 1.30. The number of carbonyl (C=O) groups is 2. The summed E-state index contributed by atoms with van der Waals surface area (Å²) in [5, 5.41) is 15.9. The molecule has 0 bridgehead atoms. The number of fused-ring (bicyclic) bond motifs is 4. The SMILES string of the molecule is C=CCN1C(=O)[C@]2(O[C@H](CC(=O)N3Cc4ccccc4C[C@H]3CO)[C@@H]([Si](C)(C)F)[C@@H]2C)c2cc(-n3ncc4ccccc4c3=O)ccc21. The molecule has 5 atom stereocenters. The zero-order valence-corrected chi connectivity index (χ0v) is 28.3. The summed E-state index contributed by atoms with van der Waals surface area (Å²) >= 11 is 0. The van der Waals surface area contributed by atoms with Crippen LogP contribution in [0.25, 0.3) is 16.5 Å². The van der Waals surface area contributed by atoms with Gasteiger partial charge in [-0.25, -0.2) is 0 Å². The number of aromatic nitrogens is 2. The highest BCUT2D eigenvalue weighted by Gasteiger charge is 2.67. The fraction of sp³-hybridized carbons (Fsp3) is 0.351. The number of halogens is 1. The number of ether oxygens (including phenoxy) is 1. The summed E-state index contributed by atoms with van der Waals surface area (Å²) in [5.41, 5.74) is 1.04. The summed E-state index contributed by atoms with van der Waals surface area (Å²) in [6.45, 7) is 9.21. The Labute approximate surface area is 279 Å². The monoisotopic (exact) mass is 666 g/mol. The molecular formula is C37H39FN4O5Si. The third kappa shape index (κ3) is 4.94. The zero-order chi connectivity index (χ0) is 34.0. The van der Waals surface area contributed by atoms with E-state index in [2.05, 4.69) is 11.7 Å². The number of hydrogen-bond donors (Lipinski definition) is 1. The first-order chi connectivity index (χ1) is 23.0. The van der Waals surface area contributed by atoms with Crippen LogP contribution in [0.15, 0.2) is 90.4 Å². The van der Waals surface area contributed by atoms with Gasteiger partial charge in [0.15, 0.2) is 5.60 Å². The maximum Gasteiger partial charge on any atom is 0.279 e. The van der Waals surface area contributed by atoms with Gasteiger partial charge in [0.25, 0.3) is 11.5 Å². The summed E-state index contributed by atoms with van der Waals surface area (Å²) in [4.78, 5) is 45.4. The van der Waals surface area contributed by atoms with Gasteiger partial charge in [-0.3, -0.25) is 14.4 Å². The molecule has 0 saturated carbocycles. The topological polar surface area (TPSA) is 105 Å². The fourth-order valence-electron chi connectivity index (χ4n) is 8.28. The maximum atomic E-state index is 16.5. The Kier molecular flexibility index (Phi) is 7.96. The number of rotatable bonds is 7. The molecule has 9 nitrogen and oxygen atoms in total. The molecule has 0 unspecified atom stereocenters. The predicted octanol–water partition coefficient (Wildman–Crippen LogP) is 5.03. The molecule has 0 aliphatic carbocycles. The van der Waals surface area contributed by atoms with Crippen LogP contribution < -0.4 is 10.5 Å². The molecule has 0 radical (unpaired) electrons. The van der Waals surface area contributed by atoms with Crippen LogP contribution in [0.4, 0.5) is 9.80 Å². The number of amides is 2. The number of anilines is 1. The highest BCUT2D eigenvalue weighted by Crippen LogP contribution is 2.60. The van der Waals surface area contributed by atoms with Gasteiger partial charge >= 0.3 is 0 Å². The van der Waals surface area contributed by atoms with Crippen molar-refractivity contribution in [2.75, 3.05) is 18.1 Å².